The lowest BCUT2D eigenvalue weighted by molar-refractivity contribution is 0.0435. The van der Waals surface area contributed by atoms with Gasteiger partial charge in [-0.2, -0.15) is 0 Å². The standard InChI is InChI=1S/C42H62N8O/c1-2-13-24-23(11-1)12-9-21-32(24)51-33-22-10-20-31-34(33)42-49-40-30-19-8-7-18-29(30)38(47-40)45-36-26-15-4-3-14-25(26)35(43-36)44-37-27-16-5-6-17-28(27)39(46-37)48-41(31)50-42/h1-2,9,11-13,21,25-31,33-50H,3-8,10,14-20,22H2. The Bertz CT molecular complexity index is 1550. The number of hydrogen-bond donors (Lipinski definition) is 8. The van der Waals surface area contributed by atoms with Crippen molar-refractivity contribution in [2.75, 3.05) is 0 Å². The van der Waals surface area contributed by atoms with Gasteiger partial charge in [0.2, 0.25) is 0 Å². The van der Waals surface area contributed by atoms with Gasteiger partial charge in [-0.25, -0.2) is 0 Å². The van der Waals surface area contributed by atoms with Crippen LogP contribution >= 0.6 is 0 Å². The molecule has 9 nitrogen and oxygen atoms in total. The van der Waals surface area contributed by atoms with Gasteiger partial charge in [-0.15, -0.1) is 0 Å². The topological polar surface area (TPSA) is 105 Å². The highest BCUT2D eigenvalue weighted by atomic mass is 16.5. The molecule has 4 saturated carbocycles. The Kier molecular flexibility index (Phi) is 8.62. The van der Waals surface area contributed by atoms with Crippen LogP contribution in [0.4, 0.5) is 0 Å². The minimum atomic E-state index is 0.169. The summed E-state index contributed by atoms with van der Waals surface area (Å²) >= 11 is 0. The van der Waals surface area contributed by atoms with E-state index in [-0.39, 0.29) is 18.4 Å². The molecule has 9 fully saturated rings. The van der Waals surface area contributed by atoms with Crippen LogP contribution in [0.25, 0.3) is 10.8 Å². The Balaban J connectivity index is 0.944. The minimum absolute atomic E-state index is 0.169. The van der Waals surface area contributed by atoms with Gasteiger partial charge in [0.25, 0.3) is 0 Å². The molecule has 0 aromatic heterocycles. The van der Waals surface area contributed by atoms with Crippen LogP contribution in [0.1, 0.15) is 96.3 Å². The zero-order valence-corrected chi connectivity index (χ0v) is 30.4. The normalized spacial score (nSPS) is 49.1. The molecule has 0 spiro atoms. The SMILES string of the molecule is c1ccc2c(OC3CCCC4C5NC6NC(NC7NC(NC8NC(NC(N5)C34)C3CCCCC83)C3CCCCC73)C3CCCCC63)cccc2c1. The molecule has 17 unspecified atom stereocenters. The first-order valence-electron chi connectivity index (χ1n) is 21.5. The van der Waals surface area contributed by atoms with Crippen molar-refractivity contribution in [3.63, 3.8) is 0 Å². The summed E-state index contributed by atoms with van der Waals surface area (Å²) in [6.45, 7) is 0. The summed E-state index contributed by atoms with van der Waals surface area (Å²) in [5.74, 6) is 6.03. The number of rotatable bonds is 2. The molecule has 5 saturated heterocycles. The third-order valence-electron chi connectivity index (χ3n) is 15.9. The number of nitrogens with one attached hydrogen (secondary N) is 8. The summed E-state index contributed by atoms with van der Waals surface area (Å²) in [5, 5.41) is 36.7. The highest BCUT2D eigenvalue weighted by Crippen LogP contribution is 2.46. The summed E-state index contributed by atoms with van der Waals surface area (Å²) in [4.78, 5) is 0. The molecule has 276 valence electrons. The lowest BCUT2D eigenvalue weighted by Crippen LogP contribution is -2.62. The molecule has 4 aliphatic carbocycles. The van der Waals surface area contributed by atoms with E-state index in [1.165, 1.54) is 101 Å². The number of ether oxygens (including phenoxy) is 1. The zero-order valence-electron chi connectivity index (χ0n) is 30.4. The number of fused-ring (bicyclic) bond motifs is 21. The highest BCUT2D eigenvalue weighted by molar-refractivity contribution is 5.88. The lowest BCUT2D eigenvalue weighted by Gasteiger charge is -2.39. The van der Waals surface area contributed by atoms with Crippen molar-refractivity contribution in [1.82, 2.24) is 42.5 Å². The van der Waals surface area contributed by atoms with Crippen molar-refractivity contribution >= 4 is 10.8 Å². The van der Waals surface area contributed by atoms with Gasteiger partial charge < -0.3 is 4.74 Å². The minimum Gasteiger partial charge on any atom is -0.489 e. The van der Waals surface area contributed by atoms with Gasteiger partial charge in [0.15, 0.2) is 0 Å². The van der Waals surface area contributed by atoms with E-state index in [0.717, 1.165) is 12.2 Å². The first kappa shape index (κ1) is 32.6. The fourth-order valence-electron chi connectivity index (χ4n) is 13.6. The summed E-state index contributed by atoms with van der Waals surface area (Å²) in [6, 6.07) is 15.3. The maximum absolute atomic E-state index is 7.20. The van der Waals surface area contributed by atoms with E-state index in [2.05, 4.69) is 85.0 Å². The second kappa shape index (κ2) is 13.5. The van der Waals surface area contributed by atoms with Crippen LogP contribution < -0.4 is 47.3 Å². The van der Waals surface area contributed by atoms with Crippen molar-refractivity contribution in [3.8, 4) is 5.75 Å². The van der Waals surface area contributed by atoms with Crippen LogP contribution in [-0.4, -0.2) is 55.4 Å². The van der Waals surface area contributed by atoms with Crippen LogP contribution in [0, 0.1) is 47.3 Å². The second-order valence-electron chi connectivity index (χ2n) is 18.3. The second-order valence-corrected chi connectivity index (χ2v) is 18.3. The fraction of sp³-hybridized carbons (Fsp3) is 0.762. The first-order chi connectivity index (χ1) is 25.2. The molecule has 9 aliphatic rings. The zero-order chi connectivity index (χ0) is 33.5. The smallest absolute Gasteiger partial charge is 0.127 e. The van der Waals surface area contributed by atoms with E-state index >= 15 is 0 Å². The molecule has 0 amide bonds. The first-order valence-corrected chi connectivity index (χ1v) is 21.5. The molecule has 17 atom stereocenters. The predicted molar refractivity (Wildman–Crippen MR) is 201 cm³/mol. The van der Waals surface area contributed by atoms with E-state index in [9.17, 15) is 0 Å². The molecule has 51 heavy (non-hydrogen) atoms. The Labute approximate surface area is 304 Å². The number of benzene rings is 2. The molecular weight excluding hydrogens is 633 g/mol. The summed E-state index contributed by atoms with van der Waals surface area (Å²) < 4.78 is 7.20. The summed E-state index contributed by atoms with van der Waals surface area (Å²) in [6.07, 6.45) is 22.4. The average molecular weight is 695 g/mol. The monoisotopic (exact) mass is 695 g/mol. The maximum Gasteiger partial charge on any atom is 0.127 e. The van der Waals surface area contributed by atoms with Gasteiger partial charge in [-0.3, -0.25) is 42.5 Å². The van der Waals surface area contributed by atoms with E-state index < -0.39 is 0 Å². The van der Waals surface area contributed by atoms with Crippen LogP contribution in [0.3, 0.4) is 0 Å². The van der Waals surface area contributed by atoms with Gasteiger partial charge in [0.05, 0.1) is 49.3 Å². The van der Waals surface area contributed by atoms with E-state index in [4.69, 9.17) is 4.74 Å². The van der Waals surface area contributed by atoms with Crippen LogP contribution in [0.5, 0.6) is 5.75 Å². The molecular formula is C42H62N8O. The molecule has 11 rings (SSSR count). The van der Waals surface area contributed by atoms with Crippen LogP contribution in [-0.2, 0) is 0 Å². The van der Waals surface area contributed by atoms with E-state index in [1.807, 2.05) is 0 Å². The molecule has 9 heteroatoms. The average Bonchev–Trinajstić information content (AvgIpc) is 3.91. The maximum atomic E-state index is 7.20. The van der Waals surface area contributed by atoms with Gasteiger partial charge in [0, 0.05) is 11.3 Å². The third-order valence-corrected chi connectivity index (χ3v) is 15.9. The van der Waals surface area contributed by atoms with Crippen molar-refractivity contribution < 1.29 is 4.74 Å². The van der Waals surface area contributed by atoms with Gasteiger partial charge >= 0.3 is 0 Å². The van der Waals surface area contributed by atoms with Gasteiger partial charge in [-0.05, 0) is 111 Å². The molecule has 2 aromatic carbocycles. The molecule has 5 heterocycles. The van der Waals surface area contributed by atoms with Crippen molar-refractivity contribution in [2.45, 2.75) is 152 Å². The summed E-state index contributed by atoms with van der Waals surface area (Å²) in [5.41, 5.74) is 0. The third kappa shape index (κ3) is 5.71. The Morgan fingerprint density at radius 2 is 0.765 bits per heavy atom. The fourth-order valence-corrected chi connectivity index (χ4v) is 13.6. The quantitative estimate of drug-likeness (QED) is 0.225. The van der Waals surface area contributed by atoms with Crippen molar-refractivity contribution in [1.29, 1.82) is 0 Å². The molecule has 2 aromatic rings. The molecule has 8 bridgehead atoms. The molecule has 8 N–H and O–H groups in total. The highest BCUT2D eigenvalue weighted by Gasteiger charge is 2.56. The van der Waals surface area contributed by atoms with Gasteiger partial charge in [0.1, 0.15) is 11.9 Å². The Morgan fingerprint density at radius 1 is 0.373 bits per heavy atom. The summed E-state index contributed by atoms with van der Waals surface area (Å²) in [7, 11) is 0. The van der Waals surface area contributed by atoms with Gasteiger partial charge in [-0.1, -0.05) is 74.9 Å². The Hall–Kier alpha value is -1.82. The van der Waals surface area contributed by atoms with Crippen molar-refractivity contribution in [3.05, 3.63) is 42.5 Å². The largest absolute Gasteiger partial charge is 0.489 e. The number of hydrogen-bond acceptors (Lipinski definition) is 9. The van der Waals surface area contributed by atoms with E-state index in [1.54, 1.807) is 0 Å². The lowest BCUT2D eigenvalue weighted by atomic mass is 9.75. The Morgan fingerprint density at radius 3 is 1.25 bits per heavy atom. The van der Waals surface area contributed by atoms with Crippen LogP contribution in [0.2, 0.25) is 0 Å². The van der Waals surface area contributed by atoms with Crippen molar-refractivity contribution in [2.24, 2.45) is 47.3 Å². The molecule has 5 aliphatic heterocycles. The molecule has 0 radical (unpaired) electrons. The van der Waals surface area contributed by atoms with E-state index in [0.29, 0.717) is 84.3 Å². The predicted octanol–water partition coefficient (Wildman–Crippen LogP) is 4.82. The van der Waals surface area contributed by atoms with Crippen LogP contribution in [0.15, 0.2) is 42.5 Å².